The van der Waals surface area contributed by atoms with Crippen LogP contribution >= 0.6 is 11.3 Å². The van der Waals surface area contributed by atoms with Gasteiger partial charge in [-0.1, -0.05) is 11.3 Å². The number of hydrogen-bond acceptors (Lipinski definition) is 4. The molecule has 0 fully saturated rings. The van der Waals surface area contributed by atoms with Crippen molar-refractivity contribution in [2.45, 2.75) is 0 Å². The minimum absolute atomic E-state index is 0.0694. The van der Waals surface area contributed by atoms with Crippen LogP contribution in [0.1, 0.15) is 9.67 Å². The van der Waals surface area contributed by atoms with Crippen molar-refractivity contribution >= 4 is 27.9 Å². The lowest BCUT2D eigenvalue weighted by Crippen LogP contribution is -2.10. The first-order chi connectivity index (χ1) is 8.97. The van der Waals surface area contributed by atoms with Crippen molar-refractivity contribution in [3.8, 4) is 0 Å². The Morgan fingerprint density at radius 3 is 2.53 bits per heavy atom. The average Bonchev–Trinajstić information content (AvgIpc) is 2.83. The number of benzene rings is 1. The summed E-state index contributed by atoms with van der Waals surface area (Å²) in [4.78, 5) is 21.7. The summed E-state index contributed by atoms with van der Waals surface area (Å²) in [5, 5.41) is 12.6. The van der Waals surface area contributed by atoms with Crippen LogP contribution in [0.5, 0.6) is 0 Å². The van der Waals surface area contributed by atoms with E-state index in [1.54, 1.807) is 0 Å². The molecule has 8 heteroatoms. The van der Waals surface area contributed by atoms with Crippen LogP contribution in [-0.2, 0) is 0 Å². The molecule has 5 nitrogen and oxygen atoms in total. The number of hydrogen-bond donors (Lipinski definition) is 1. The van der Waals surface area contributed by atoms with E-state index in [2.05, 4.69) is 5.32 Å². The predicted octanol–water partition coefficient (Wildman–Crippen LogP) is 3.19. The lowest BCUT2D eigenvalue weighted by molar-refractivity contribution is -0.380. The van der Waals surface area contributed by atoms with Gasteiger partial charge in [-0.3, -0.25) is 14.9 Å². The zero-order valence-corrected chi connectivity index (χ0v) is 10.0. The van der Waals surface area contributed by atoms with Crippen molar-refractivity contribution in [1.29, 1.82) is 0 Å². The maximum atomic E-state index is 12.9. The van der Waals surface area contributed by atoms with Crippen LogP contribution in [-0.4, -0.2) is 10.8 Å². The van der Waals surface area contributed by atoms with Gasteiger partial charge in [0.05, 0.1) is 9.80 Å². The quantitative estimate of drug-likeness (QED) is 0.695. The Morgan fingerprint density at radius 1 is 1.21 bits per heavy atom. The lowest BCUT2D eigenvalue weighted by atomic mass is 10.3. The molecule has 0 saturated heterocycles. The molecule has 1 aromatic heterocycles. The predicted molar refractivity (Wildman–Crippen MR) is 65.3 cm³/mol. The Bertz CT molecular complexity index is 657. The van der Waals surface area contributed by atoms with Gasteiger partial charge in [-0.05, 0) is 18.2 Å². The summed E-state index contributed by atoms with van der Waals surface area (Å²) in [7, 11) is 0. The van der Waals surface area contributed by atoms with Crippen molar-refractivity contribution < 1.29 is 18.5 Å². The lowest BCUT2D eigenvalue weighted by Gasteiger charge is -2.03. The highest BCUT2D eigenvalue weighted by molar-refractivity contribution is 7.17. The number of nitrogens with one attached hydrogen (secondary N) is 1. The highest BCUT2D eigenvalue weighted by Gasteiger charge is 2.15. The first-order valence-electron chi connectivity index (χ1n) is 4.98. The largest absolute Gasteiger partial charge is 0.324 e. The number of anilines is 1. The molecule has 1 aromatic carbocycles. The fourth-order valence-electron chi connectivity index (χ4n) is 1.31. The number of thiophene rings is 1. The number of nitro groups is 1. The molecule has 1 N–H and O–H groups in total. The Labute approximate surface area is 109 Å². The highest BCUT2D eigenvalue weighted by Crippen LogP contribution is 2.25. The smallest absolute Gasteiger partial charge is 0.321 e. The van der Waals surface area contributed by atoms with Crippen molar-refractivity contribution in [3.05, 3.63) is 57.0 Å². The molecule has 98 valence electrons. The molecule has 0 spiro atoms. The number of carbonyl (C=O) groups excluding carboxylic acids is 1. The van der Waals surface area contributed by atoms with Gasteiger partial charge < -0.3 is 5.32 Å². The number of carbonyl (C=O) groups is 1. The molecular weight excluding hydrogens is 278 g/mol. The van der Waals surface area contributed by atoms with Crippen molar-refractivity contribution in [2.75, 3.05) is 5.32 Å². The van der Waals surface area contributed by atoms with Crippen LogP contribution in [0.4, 0.5) is 19.5 Å². The van der Waals surface area contributed by atoms with E-state index in [1.165, 1.54) is 18.2 Å². The second kappa shape index (κ2) is 5.11. The van der Waals surface area contributed by atoms with Gasteiger partial charge in [-0.25, -0.2) is 8.78 Å². The summed E-state index contributed by atoms with van der Waals surface area (Å²) in [5.74, 6) is -2.73. The zero-order chi connectivity index (χ0) is 14.0. The van der Waals surface area contributed by atoms with Crippen molar-refractivity contribution in [3.63, 3.8) is 0 Å². The molecule has 0 unspecified atom stereocenters. The van der Waals surface area contributed by atoms with E-state index in [-0.39, 0.29) is 15.6 Å². The monoisotopic (exact) mass is 284 g/mol. The maximum Gasteiger partial charge on any atom is 0.324 e. The summed E-state index contributed by atoms with van der Waals surface area (Å²) in [6.45, 7) is 0. The molecule has 2 aromatic rings. The fraction of sp³-hybridized carbons (Fsp3) is 0. The minimum Gasteiger partial charge on any atom is -0.321 e. The van der Waals surface area contributed by atoms with E-state index in [9.17, 15) is 23.7 Å². The van der Waals surface area contributed by atoms with Gasteiger partial charge in [0.25, 0.3) is 5.91 Å². The standard InChI is InChI=1S/C11H6F2N2O3S/c12-7-2-1-6(5-8(7)13)14-11(16)9-3-4-10(19-9)15(17)18/h1-5H,(H,14,16). The van der Waals surface area contributed by atoms with Crippen LogP contribution in [0.15, 0.2) is 30.3 Å². The highest BCUT2D eigenvalue weighted by atomic mass is 32.1. The molecule has 19 heavy (non-hydrogen) atoms. The molecule has 0 radical (unpaired) electrons. The Balaban J connectivity index is 2.15. The number of rotatable bonds is 3. The van der Waals surface area contributed by atoms with E-state index in [0.29, 0.717) is 11.3 Å². The van der Waals surface area contributed by atoms with Crippen LogP contribution < -0.4 is 5.32 Å². The SMILES string of the molecule is O=C(Nc1ccc(F)c(F)c1)c1ccc([N+](=O)[O-])s1. The summed E-state index contributed by atoms with van der Waals surface area (Å²) in [6.07, 6.45) is 0. The summed E-state index contributed by atoms with van der Waals surface area (Å²) >= 11 is 0.697. The third kappa shape index (κ3) is 2.91. The van der Waals surface area contributed by atoms with Crippen LogP contribution in [0.3, 0.4) is 0 Å². The summed E-state index contributed by atoms with van der Waals surface area (Å²) < 4.78 is 25.6. The Hall–Kier alpha value is -2.35. The third-order valence-corrected chi connectivity index (χ3v) is 3.21. The van der Waals surface area contributed by atoms with Gasteiger partial charge in [-0.15, -0.1) is 0 Å². The fourth-order valence-corrected chi connectivity index (χ4v) is 2.03. The van der Waals surface area contributed by atoms with Crippen LogP contribution in [0, 0.1) is 21.7 Å². The van der Waals surface area contributed by atoms with Crippen LogP contribution in [0.25, 0.3) is 0 Å². The Morgan fingerprint density at radius 2 is 1.95 bits per heavy atom. The van der Waals surface area contributed by atoms with E-state index in [0.717, 1.165) is 12.1 Å². The molecule has 0 aliphatic carbocycles. The number of amides is 1. The zero-order valence-electron chi connectivity index (χ0n) is 9.22. The Kier molecular flexibility index (Phi) is 3.52. The summed E-state index contributed by atoms with van der Waals surface area (Å²) in [6, 6.07) is 5.39. The van der Waals surface area contributed by atoms with E-state index in [1.807, 2.05) is 0 Å². The molecular formula is C11H6F2N2O3S. The molecule has 0 bridgehead atoms. The van der Waals surface area contributed by atoms with Gasteiger partial charge >= 0.3 is 5.00 Å². The normalized spacial score (nSPS) is 10.2. The molecule has 0 saturated carbocycles. The van der Waals surface area contributed by atoms with Crippen LogP contribution in [0.2, 0.25) is 0 Å². The number of halogens is 2. The second-order valence-electron chi connectivity index (χ2n) is 3.48. The van der Waals surface area contributed by atoms with Gasteiger partial charge in [0.15, 0.2) is 11.6 Å². The molecule has 1 amide bonds. The third-order valence-electron chi connectivity index (χ3n) is 2.17. The number of nitrogens with zero attached hydrogens (tertiary/aromatic N) is 1. The van der Waals surface area contributed by atoms with Gasteiger partial charge in [0.1, 0.15) is 0 Å². The maximum absolute atomic E-state index is 12.9. The topological polar surface area (TPSA) is 72.2 Å². The van der Waals surface area contributed by atoms with E-state index in [4.69, 9.17) is 0 Å². The second-order valence-corrected chi connectivity index (χ2v) is 4.54. The van der Waals surface area contributed by atoms with Crippen molar-refractivity contribution in [2.24, 2.45) is 0 Å². The first kappa shape index (κ1) is 13.1. The molecule has 0 aliphatic heterocycles. The van der Waals surface area contributed by atoms with Crippen molar-refractivity contribution in [1.82, 2.24) is 0 Å². The first-order valence-corrected chi connectivity index (χ1v) is 5.79. The van der Waals surface area contributed by atoms with E-state index >= 15 is 0 Å². The van der Waals surface area contributed by atoms with E-state index < -0.39 is 22.5 Å². The minimum atomic E-state index is -1.09. The average molecular weight is 284 g/mol. The summed E-state index contributed by atoms with van der Waals surface area (Å²) in [5.41, 5.74) is 0.0694. The van der Waals surface area contributed by atoms with Gasteiger partial charge in [-0.2, -0.15) is 0 Å². The van der Waals surface area contributed by atoms with Gasteiger partial charge in [0, 0.05) is 17.8 Å². The molecule has 2 rings (SSSR count). The molecule has 0 aliphatic rings. The van der Waals surface area contributed by atoms with Gasteiger partial charge in [0.2, 0.25) is 0 Å². The molecule has 1 heterocycles. The molecule has 0 atom stereocenters.